The van der Waals surface area contributed by atoms with E-state index in [2.05, 4.69) is 47.2 Å². The summed E-state index contributed by atoms with van der Waals surface area (Å²) >= 11 is 3.60. The third-order valence-corrected chi connectivity index (χ3v) is 5.63. The lowest BCUT2D eigenvalue weighted by atomic mass is 9.79. The average Bonchev–Trinajstić information content (AvgIpc) is 2.62. The van der Waals surface area contributed by atoms with Crippen molar-refractivity contribution in [2.45, 2.75) is 77.0 Å². The molecule has 1 aromatic rings. The smallest absolute Gasteiger partial charge is 0.227 e. The predicted molar refractivity (Wildman–Crippen MR) is 113 cm³/mol. The number of carbonyl (C=O) groups excluding carboxylic acids is 1. The fraction of sp³-hybridized carbons (Fsp3) is 0.682. The molecule has 0 aliphatic heterocycles. The minimum Gasteiger partial charge on any atom is -0.492 e. The number of benzene rings is 1. The van der Waals surface area contributed by atoms with Crippen molar-refractivity contribution in [1.29, 1.82) is 0 Å². The normalized spacial score (nSPS) is 21.2. The third-order valence-electron chi connectivity index (χ3n) is 5.30. The van der Waals surface area contributed by atoms with Gasteiger partial charge in [-0.1, -0.05) is 55.1 Å². The molecule has 1 saturated carbocycles. The van der Waals surface area contributed by atoms with Gasteiger partial charge in [0.25, 0.3) is 0 Å². The molecular formula is C22H34BrNO2. The van der Waals surface area contributed by atoms with Crippen molar-refractivity contribution in [3.05, 3.63) is 23.8 Å². The van der Waals surface area contributed by atoms with Crippen LogP contribution in [-0.4, -0.2) is 17.3 Å². The van der Waals surface area contributed by atoms with Crippen LogP contribution in [0, 0.1) is 11.8 Å². The highest BCUT2D eigenvalue weighted by Gasteiger charge is 2.26. The van der Waals surface area contributed by atoms with Crippen LogP contribution in [-0.2, 0) is 11.2 Å². The van der Waals surface area contributed by atoms with Crippen LogP contribution in [0.25, 0.3) is 0 Å². The first-order valence-corrected chi connectivity index (χ1v) is 11.2. The van der Waals surface area contributed by atoms with Gasteiger partial charge in [-0.15, -0.1) is 0 Å². The van der Waals surface area contributed by atoms with Crippen LogP contribution in [0.5, 0.6) is 5.75 Å². The Labute approximate surface area is 167 Å². The molecule has 0 heterocycles. The van der Waals surface area contributed by atoms with Gasteiger partial charge in [0.05, 0.1) is 12.3 Å². The van der Waals surface area contributed by atoms with Gasteiger partial charge < -0.3 is 10.1 Å². The van der Waals surface area contributed by atoms with Crippen molar-refractivity contribution in [1.82, 2.24) is 0 Å². The minimum absolute atomic E-state index is 0.143. The van der Waals surface area contributed by atoms with Gasteiger partial charge in [-0.3, -0.25) is 4.79 Å². The monoisotopic (exact) mass is 423 g/mol. The molecule has 1 aliphatic rings. The van der Waals surface area contributed by atoms with Gasteiger partial charge >= 0.3 is 0 Å². The molecule has 1 aromatic carbocycles. The number of halogens is 1. The van der Waals surface area contributed by atoms with E-state index in [0.717, 1.165) is 36.6 Å². The molecule has 1 amide bonds. The maximum atomic E-state index is 12.7. The Morgan fingerprint density at radius 3 is 2.62 bits per heavy atom. The average molecular weight is 424 g/mol. The van der Waals surface area contributed by atoms with Gasteiger partial charge in [0.2, 0.25) is 5.91 Å². The van der Waals surface area contributed by atoms with Crippen LogP contribution in [0.3, 0.4) is 0 Å². The minimum atomic E-state index is 0.143. The number of alkyl halides is 1. The van der Waals surface area contributed by atoms with Crippen molar-refractivity contribution >= 4 is 27.5 Å². The molecule has 0 saturated heterocycles. The van der Waals surface area contributed by atoms with Crippen LogP contribution in [0.4, 0.5) is 5.69 Å². The summed E-state index contributed by atoms with van der Waals surface area (Å²) in [6.07, 6.45) is 9.27. The maximum Gasteiger partial charge on any atom is 0.227 e. The van der Waals surface area contributed by atoms with Crippen molar-refractivity contribution in [2.75, 3.05) is 11.9 Å². The second kappa shape index (κ2) is 11.0. The number of unbranched alkanes of at least 4 members (excludes halogenated alkanes) is 1. The third kappa shape index (κ3) is 6.61. The largest absolute Gasteiger partial charge is 0.492 e. The highest BCUT2D eigenvalue weighted by Crippen LogP contribution is 2.34. The summed E-state index contributed by atoms with van der Waals surface area (Å²) in [6, 6.07) is 6.12. The van der Waals surface area contributed by atoms with Crippen molar-refractivity contribution < 1.29 is 9.53 Å². The summed E-state index contributed by atoms with van der Waals surface area (Å²) in [7, 11) is 0. The lowest BCUT2D eigenvalue weighted by Crippen LogP contribution is -2.27. The Kier molecular flexibility index (Phi) is 8.97. The topological polar surface area (TPSA) is 38.3 Å². The highest BCUT2D eigenvalue weighted by molar-refractivity contribution is 9.09. The molecule has 3 nitrogen and oxygen atoms in total. The zero-order valence-corrected chi connectivity index (χ0v) is 18.1. The van der Waals surface area contributed by atoms with Gasteiger partial charge in [0.15, 0.2) is 0 Å². The number of carbonyl (C=O) groups is 1. The number of rotatable bonds is 9. The molecular weight excluding hydrogens is 390 g/mol. The summed E-state index contributed by atoms with van der Waals surface area (Å²) in [4.78, 5) is 13.2. The standard InChI is InChI=1S/C22H34BrNO2/c1-4-6-7-17-8-11-19(12-9-17)22(25)24-20-13-10-18(14-16(3)23)15-21(20)26-5-2/h10,13,15-17,19H,4-9,11-12,14H2,1-3H3,(H,24,25). The van der Waals surface area contributed by atoms with Crippen molar-refractivity contribution in [3.63, 3.8) is 0 Å². The van der Waals surface area contributed by atoms with E-state index in [1.54, 1.807) is 0 Å². The van der Waals surface area contributed by atoms with Gasteiger partial charge in [-0.25, -0.2) is 0 Å². The number of hydrogen-bond donors (Lipinski definition) is 1. The Morgan fingerprint density at radius 1 is 1.27 bits per heavy atom. The lowest BCUT2D eigenvalue weighted by Gasteiger charge is -2.28. The molecule has 2 rings (SSSR count). The zero-order chi connectivity index (χ0) is 18.9. The van der Waals surface area contributed by atoms with Gasteiger partial charge in [-0.2, -0.15) is 0 Å². The first-order valence-electron chi connectivity index (χ1n) is 10.2. The number of hydrogen-bond acceptors (Lipinski definition) is 2. The molecule has 0 aromatic heterocycles. The first-order chi connectivity index (χ1) is 12.5. The van der Waals surface area contributed by atoms with E-state index >= 15 is 0 Å². The molecule has 146 valence electrons. The Balaban J connectivity index is 1.95. The Morgan fingerprint density at radius 2 is 2.00 bits per heavy atom. The quantitative estimate of drug-likeness (QED) is 0.470. The van der Waals surface area contributed by atoms with E-state index in [1.165, 1.54) is 37.7 Å². The van der Waals surface area contributed by atoms with E-state index in [0.29, 0.717) is 11.4 Å². The number of ether oxygens (including phenoxy) is 1. The molecule has 4 heteroatoms. The second-order valence-corrected chi connectivity index (χ2v) is 9.16. The predicted octanol–water partition coefficient (Wildman–Crippen LogP) is 6.35. The van der Waals surface area contributed by atoms with Crippen LogP contribution in [0.1, 0.15) is 71.3 Å². The summed E-state index contributed by atoms with van der Waals surface area (Å²) < 4.78 is 5.78. The van der Waals surface area contributed by atoms with Crippen molar-refractivity contribution in [2.24, 2.45) is 11.8 Å². The van der Waals surface area contributed by atoms with Gasteiger partial charge in [0.1, 0.15) is 5.75 Å². The van der Waals surface area contributed by atoms with Crippen molar-refractivity contribution in [3.8, 4) is 5.75 Å². The first kappa shape index (κ1) is 21.3. The SMILES string of the molecule is CCCCC1CCC(C(=O)Nc2ccc(CC(C)Br)cc2OCC)CC1. The number of anilines is 1. The van der Waals surface area contributed by atoms with Gasteiger partial charge in [0, 0.05) is 10.7 Å². The van der Waals surface area contributed by atoms with E-state index < -0.39 is 0 Å². The molecule has 1 unspecified atom stereocenters. The van der Waals surface area contributed by atoms with E-state index in [9.17, 15) is 4.79 Å². The molecule has 26 heavy (non-hydrogen) atoms. The molecule has 1 atom stereocenters. The van der Waals surface area contributed by atoms with E-state index in [-0.39, 0.29) is 11.8 Å². The zero-order valence-electron chi connectivity index (χ0n) is 16.5. The molecule has 1 aliphatic carbocycles. The number of nitrogens with one attached hydrogen (secondary N) is 1. The summed E-state index contributed by atoms with van der Waals surface area (Å²) in [5.41, 5.74) is 2.02. The fourth-order valence-corrected chi connectivity index (χ4v) is 4.21. The molecule has 1 N–H and O–H groups in total. The van der Waals surface area contributed by atoms with Crippen LogP contribution >= 0.6 is 15.9 Å². The van der Waals surface area contributed by atoms with E-state index in [4.69, 9.17) is 4.74 Å². The van der Waals surface area contributed by atoms with Crippen LogP contribution in [0.2, 0.25) is 0 Å². The Bertz CT molecular complexity index is 565. The Hall–Kier alpha value is -1.03. The summed E-state index contributed by atoms with van der Waals surface area (Å²) in [5.74, 6) is 1.90. The molecule has 0 bridgehead atoms. The molecule has 1 fully saturated rings. The highest BCUT2D eigenvalue weighted by atomic mass is 79.9. The fourth-order valence-electron chi connectivity index (χ4n) is 3.84. The summed E-state index contributed by atoms with van der Waals surface area (Å²) in [6.45, 7) is 6.95. The number of amides is 1. The van der Waals surface area contributed by atoms with E-state index in [1.807, 2.05) is 13.0 Å². The van der Waals surface area contributed by atoms with Crippen LogP contribution < -0.4 is 10.1 Å². The lowest BCUT2D eigenvalue weighted by molar-refractivity contribution is -0.121. The van der Waals surface area contributed by atoms with Crippen LogP contribution in [0.15, 0.2) is 18.2 Å². The molecule has 0 radical (unpaired) electrons. The summed E-state index contributed by atoms with van der Waals surface area (Å²) in [5, 5.41) is 3.13. The molecule has 0 spiro atoms. The van der Waals surface area contributed by atoms with Gasteiger partial charge in [-0.05, 0) is 62.6 Å². The second-order valence-electron chi connectivity index (χ2n) is 7.60. The maximum absolute atomic E-state index is 12.7.